The van der Waals surface area contributed by atoms with Crippen LogP contribution in [0, 0.1) is 0 Å². The van der Waals surface area contributed by atoms with Gasteiger partial charge in [0.15, 0.2) is 0 Å². The number of hydrogen-bond donors (Lipinski definition) is 1. The summed E-state index contributed by atoms with van der Waals surface area (Å²) in [6, 6.07) is 4.87. The fourth-order valence-corrected chi connectivity index (χ4v) is 5.49. The molecule has 1 aromatic rings. The second kappa shape index (κ2) is 9.23. The van der Waals surface area contributed by atoms with Crippen molar-refractivity contribution in [2.45, 2.75) is 44.0 Å². The molecule has 2 aliphatic heterocycles. The zero-order chi connectivity index (χ0) is 21.0. The lowest BCUT2D eigenvalue weighted by molar-refractivity contribution is -0.129. The highest BCUT2D eigenvalue weighted by Crippen LogP contribution is 2.24. The Kier molecular flexibility index (Phi) is 6.92. The molecule has 0 spiro atoms. The highest BCUT2D eigenvalue weighted by Gasteiger charge is 2.29. The van der Waals surface area contributed by atoms with Crippen LogP contribution in [0.1, 0.15) is 42.6 Å². The molecule has 3 rings (SSSR count). The van der Waals surface area contributed by atoms with Crippen LogP contribution in [0.5, 0.6) is 0 Å². The lowest BCUT2D eigenvalue weighted by Crippen LogP contribution is -2.46. The normalized spacial score (nSPS) is 19.2. The number of aryl methyl sites for hydroxylation is 1. The first-order valence-corrected chi connectivity index (χ1v) is 11.5. The van der Waals surface area contributed by atoms with Crippen molar-refractivity contribution in [2.75, 3.05) is 39.4 Å². The molecule has 2 amide bonds. The number of benzene rings is 1. The summed E-state index contributed by atoms with van der Waals surface area (Å²) >= 11 is 0. The fraction of sp³-hybridized carbons (Fsp3) is 0.600. The number of piperidine rings is 1. The van der Waals surface area contributed by atoms with Gasteiger partial charge in [0.2, 0.25) is 15.9 Å². The van der Waals surface area contributed by atoms with Gasteiger partial charge in [-0.1, -0.05) is 13.0 Å². The average Bonchev–Trinajstić information content (AvgIpc) is 2.74. The number of sulfonamides is 1. The molecule has 29 heavy (non-hydrogen) atoms. The molecule has 2 heterocycles. The van der Waals surface area contributed by atoms with E-state index in [1.54, 1.807) is 24.0 Å². The smallest absolute Gasteiger partial charge is 0.251 e. The van der Waals surface area contributed by atoms with Crippen LogP contribution in [0.15, 0.2) is 23.1 Å². The Morgan fingerprint density at radius 1 is 1.14 bits per heavy atom. The quantitative estimate of drug-likeness (QED) is 0.763. The van der Waals surface area contributed by atoms with E-state index in [2.05, 4.69) is 5.32 Å². The third-order valence-corrected chi connectivity index (χ3v) is 7.55. The number of amides is 2. The first-order valence-electron chi connectivity index (χ1n) is 10.1. The van der Waals surface area contributed by atoms with Crippen LogP contribution >= 0.6 is 0 Å². The number of rotatable bonds is 5. The summed E-state index contributed by atoms with van der Waals surface area (Å²) in [5.41, 5.74) is 1.03. The number of carbonyl (C=O) groups is 2. The Hall–Kier alpha value is -1.97. The summed E-state index contributed by atoms with van der Waals surface area (Å²) in [4.78, 5) is 26.2. The van der Waals surface area contributed by atoms with Crippen LogP contribution in [-0.2, 0) is 26.0 Å². The maximum atomic E-state index is 13.1. The lowest BCUT2D eigenvalue weighted by Gasteiger charge is -2.31. The molecular weight excluding hydrogens is 394 g/mol. The van der Waals surface area contributed by atoms with Gasteiger partial charge in [-0.3, -0.25) is 9.59 Å². The summed E-state index contributed by atoms with van der Waals surface area (Å²) in [5.74, 6) is -0.241. The topological polar surface area (TPSA) is 96.0 Å². The molecule has 0 aromatic heterocycles. The first-order chi connectivity index (χ1) is 13.8. The van der Waals surface area contributed by atoms with Gasteiger partial charge in [-0.2, -0.15) is 4.31 Å². The van der Waals surface area contributed by atoms with E-state index in [0.717, 1.165) is 0 Å². The predicted octanol–water partition coefficient (Wildman–Crippen LogP) is 1.01. The van der Waals surface area contributed by atoms with E-state index in [9.17, 15) is 18.0 Å². The minimum atomic E-state index is -3.68. The molecule has 0 bridgehead atoms. The van der Waals surface area contributed by atoms with Gasteiger partial charge in [-0.25, -0.2) is 8.42 Å². The van der Waals surface area contributed by atoms with Gasteiger partial charge in [0.25, 0.3) is 5.91 Å². The third kappa shape index (κ3) is 4.96. The molecule has 2 saturated heterocycles. The summed E-state index contributed by atoms with van der Waals surface area (Å²) < 4.78 is 32.9. The number of nitrogens with zero attached hydrogens (tertiary/aromatic N) is 2. The molecule has 1 aromatic carbocycles. The number of morpholine rings is 1. The van der Waals surface area contributed by atoms with E-state index in [0.29, 0.717) is 69.8 Å². The molecule has 0 unspecified atom stereocenters. The Morgan fingerprint density at radius 2 is 1.79 bits per heavy atom. The van der Waals surface area contributed by atoms with Crippen molar-refractivity contribution >= 4 is 21.8 Å². The molecule has 0 aliphatic carbocycles. The molecule has 8 nitrogen and oxygen atoms in total. The Bertz CT molecular complexity index is 857. The van der Waals surface area contributed by atoms with Crippen molar-refractivity contribution < 1.29 is 22.7 Å². The monoisotopic (exact) mass is 423 g/mol. The van der Waals surface area contributed by atoms with E-state index in [1.165, 1.54) is 10.4 Å². The van der Waals surface area contributed by atoms with Crippen LogP contribution in [-0.4, -0.2) is 74.9 Å². The number of likely N-dealkylation sites (tertiary alicyclic amines) is 1. The lowest BCUT2D eigenvalue weighted by atomic mass is 10.0. The molecule has 9 heteroatoms. The van der Waals surface area contributed by atoms with Crippen molar-refractivity contribution in [3.05, 3.63) is 29.3 Å². The van der Waals surface area contributed by atoms with Gasteiger partial charge < -0.3 is 15.0 Å². The van der Waals surface area contributed by atoms with Crippen molar-refractivity contribution in [3.8, 4) is 0 Å². The largest absolute Gasteiger partial charge is 0.379 e. The molecule has 2 fully saturated rings. The molecule has 0 atom stereocenters. The summed E-state index contributed by atoms with van der Waals surface area (Å²) in [6.07, 6.45) is 1.94. The highest BCUT2D eigenvalue weighted by molar-refractivity contribution is 7.89. The SMILES string of the molecule is CCc1ccc(C(=O)NC2CCN(C(C)=O)CC2)cc1S(=O)(=O)N1CCOCC1. The number of hydrogen-bond acceptors (Lipinski definition) is 5. The van der Waals surface area contributed by atoms with Gasteiger partial charge in [0.05, 0.1) is 18.1 Å². The van der Waals surface area contributed by atoms with Crippen LogP contribution in [0.3, 0.4) is 0 Å². The van der Waals surface area contributed by atoms with Crippen LogP contribution in [0.4, 0.5) is 0 Å². The van der Waals surface area contributed by atoms with Gasteiger partial charge in [0.1, 0.15) is 0 Å². The minimum Gasteiger partial charge on any atom is -0.379 e. The van der Waals surface area contributed by atoms with Crippen LogP contribution in [0.2, 0.25) is 0 Å². The second-order valence-electron chi connectivity index (χ2n) is 7.45. The number of ether oxygens (including phenoxy) is 1. The van der Waals surface area contributed by atoms with E-state index >= 15 is 0 Å². The fourth-order valence-electron chi connectivity index (χ4n) is 3.76. The van der Waals surface area contributed by atoms with E-state index < -0.39 is 10.0 Å². The molecule has 160 valence electrons. The average molecular weight is 424 g/mol. The number of carbonyl (C=O) groups excluding carboxylic acids is 2. The predicted molar refractivity (Wildman–Crippen MR) is 108 cm³/mol. The summed E-state index contributed by atoms with van der Waals surface area (Å²) in [7, 11) is -3.68. The van der Waals surface area contributed by atoms with E-state index in [-0.39, 0.29) is 22.8 Å². The van der Waals surface area contributed by atoms with Gasteiger partial charge in [-0.15, -0.1) is 0 Å². The third-order valence-electron chi connectivity index (χ3n) is 5.57. The zero-order valence-electron chi connectivity index (χ0n) is 17.0. The van der Waals surface area contributed by atoms with Crippen molar-refractivity contribution in [3.63, 3.8) is 0 Å². The van der Waals surface area contributed by atoms with Crippen LogP contribution < -0.4 is 5.32 Å². The Balaban J connectivity index is 1.76. The summed E-state index contributed by atoms with van der Waals surface area (Å²) in [5, 5.41) is 2.98. The second-order valence-corrected chi connectivity index (χ2v) is 9.35. The van der Waals surface area contributed by atoms with Crippen molar-refractivity contribution in [2.24, 2.45) is 0 Å². The van der Waals surface area contributed by atoms with Gasteiger partial charge >= 0.3 is 0 Å². The molecular formula is C20H29N3O5S. The van der Waals surface area contributed by atoms with E-state index in [4.69, 9.17) is 4.74 Å². The van der Waals surface area contributed by atoms with Gasteiger partial charge in [-0.05, 0) is 37.0 Å². The van der Waals surface area contributed by atoms with Gasteiger partial charge in [0, 0.05) is 44.7 Å². The molecule has 1 N–H and O–H groups in total. The van der Waals surface area contributed by atoms with Crippen molar-refractivity contribution in [1.82, 2.24) is 14.5 Å². The maximum Gasteiger partial charge on any atom is 0.251 e. The highest BCUT2D eigenvalue weighted by atomic mass is 32.2. The molecule has 0 saturated carbocycles. The van der Waals surface area contributed by atoms with Crippen LogP contribution in [0.25, 0.3) is 0 Å². The van der Waals surface area contributed by atoms with E-state index in [1.807, 2.05) is 6.92 Å². The maximum absolute atomic E-state index is 13.1. The number of nitrogens with one attached hydrogen (secondary N) is 1. The first kappa shape index (κ1) is 21.7. The standard InChI is InChI=1S/C20H29N3O5S/c1-3-16-4-5-17(14-19(16)29(26,27)23-10-12-28-13-11-23)20(25)21-18-6-8-22(9-7-18)15(2)24/h4-5,14,18H,3,6-13H2,1-2H3,(H,21,25). The molecule has 2 aliphatic rings. The van der Waals surface area contributed by atoms with Crippen molar-refractivity contribution in [1.29, 1.82) is 0 Å². The Labute approximate surface area is 172 Å². The molecule has 0 radical (unpaired) electrons. The minimum absolute atomic E-state index is 0.0248. The summed E-state index contributed by atoms with van der Waals surface area (Å²) in [6.45, 7) is 6.06. The zero-order valence-corrected chi connectivity index (χ0v) is 17.8. The Morgan fingerprint density at radius 3 is 2.38 bits per heavy atom.